The number of anilines is 2. The van der Waals surface area contributed by atoms with Crippen LogP contribution in [0.1, 0.15) is 32.6 Å². The van der Waals surface area contributed by atoms with E-state index in [9.17, 15) is 13.2 Å². The average molecular weight is 472 g/mol. The lowest BCUT2D eigenvalue weighted by Crippen LogP contribution is -2.14. The highest BCUT2D eigenvalue weighted by Crippen LogP contribution is 2.20. The summed E-state index contributed by atoms with van der Waals surface area (Å²) >= 11 is 0. The van der Waals surface area contributed by atoms with E-state index in [4.69, 9.17) is 0 Å². The molecule has 0 fully saturated rings. The lowest BCUT2D eigenvalue weighted by molar-refractivity contribution is 0.102. The zero-order valence-corrected chi connectivity index (χ0v) is 19.8. The van der Waals surface area contributed by atoms with E-state index in [0.29, 0.717) is 16.9 Å². The molecule has 0 atom stereocenters. The third-order valence-electron chi connectivity index (χ3n) is 5.56. The number of aryl methyl sites for hydroxylation is 2. The molecule has 1 heterocycles. The monoisotopic (exact) mass is 471 g/mol. The quantitative estimate of drug-likeness (QED) is 0.381. The normalized spacial score (nSPS) is 11.1. The molecule has 3 aromatic carbocycles. The van der Waals surface area contributed by atoms with Gasteiger partial charge in [0.05, 0.1) is 4.90 Å². The molecule has 0 bridgehead atoms. The molecule has 0 unspecified atom stereocenters. The summed E-state index contributed by atoms with van der Waals surface area (Å²) < 4.78 is 27.9. The van der Waals surface area contributed by atoms with Gasteiger partial charge in [0.15, 0.2) is 0 Å². The van der Waals surface area contributed by atoms with Gasteiger partial charge in [-0.3, -0.25) is 14.5 Å². The van der Waals surface area contributed by atoms with Gasteiger partial charge in [-0.25, -0.2) is 8.42 Å². The number of benzene rings is 3. The minimum Gasteiger partial charge on any atom is -0.322 e. The summed E-state index contributed by atoms with van der Waals surface area (Å²) in [5.41, 5.74) is 5.72. The van der Waals surface area contributed by atoms with E-state index < -0.39 is 10.0 Å². The summed E-state index contributed by atoms with van der Waals surface area (Å²) in [6, 6.07) is 22.9. The van der Waals surface area contributed by atoms with Crippen molar-refractivity contribution in [1.29, 1.82) is 0 Å². The van der Waals surface area contributed by atoms with E-state index in [1.54, 1.807) is 54.9 Å². The zero-order valence-electron chi connectivity index (χ0n) is 18.9. The lowest BCUT2D eigenvalue weighted by Gasteiger charge is -2.11. The first-order chi connectivity index (χ1) is 16.3. The maximum Gasteiger partial charge on any atom is 0.261 e. The Morgan fingerprint density at radius 3 is 2.03 bits per heavy atom. The van der Waals surface area contributed by atoms with Crippen molar-refractivity contribution in [2.24, 2.45) is 0 Å². The van der Waals surface area contributed by atoms with Gasteiger partial charge >= 0.3 is 0 Å². The van der Waals surface area contributed by atoms with E-state index in [1.165, 1.54) is 5.56 Å². The van der Waals surface area contributed by atoms with Crippen molar-refractivity contribution in [3.63, 3.8) is 0 Å². The van der Waals surface area contributed by atoms with E-state index in [1.807, 2.05) is 50.2 Å². The van der Waals surface area contributed by atoms with Crippen LogP contribution >= 0.6 is 0 Å². The number of carbonyl (C=O) groups excluding carboxylic acids is 1. The van der Waals surface area contributed by atoms with Gasteiger partial charge in [-0.2, -0.15) is 0 Å². The Labute approximate surface area is 199 Å². The van der Waals surface area contributed by atoms with Crippen LogP contribution in [0.25, 0.3) is 0 Å². The second kappa shape index (κ2) is 9.89. The maximum atomic E-state index is 12.7. The molecule has 34 heavy (non-hydrogen) atoms. The lowest BCUT2D eigenvalue weighted by atomic mass is 10.1. The van der Waals surface area contributed by atoms with Crippen molar-refractivity contribution in [2.45, 2.75) is 25.2 Å². The van der Waals surface area contributed by atoms with Gasteiger partial charge in [0.2, 0.25) is 0 Å². The smallest absolute Gasteiger partial charge is 0.261 e. The summed E-state index contributed by atoms with van der Waals surface area (Å²) in [5.74, 6) is -0.273. The van der Waals surface area contributed by atoms with Crippen LogP contribution in [0.3, 0.4) is 0 Å². The minimum absolute atomic E-state index is 0.199. The van der Waals surface area contributed by atoms with Crippen LogP contribution in [0.5, 0.6) is 0 Å². The van der Waals surface area contributed by atoms with Gasteiger partial charge in [-0.15, -0.1) is 0 Å². The molecule has 4 aromatic rings. The Hall–Kier alpha value is -3.97. The molecule has 4 rings (SSSR count). The highest BCUT2D eigenvalue weighted by molar-refractivity contribution is 7.92. The summed E-state index contributed by atoms with van der Waals surface area (Å²) in [6.07, 6.45) is 4.32. The predicted octanol–water partition coefficient (Wildman–Crippen LogP) is 5.34. The van der Waals surface area contributed by atoms with Gasteiger partial charge < -0.3 is 5.32 Å². The van der Waals surface area contributed by atoms with E-state index in [-0.39, 0.29) is 10.8 Å². The third kappa shape index (κ3) is 5.68. The molecule has 0 saturated heterocycles. The predicted molar refractivity (Wildman–Crippen MR) is 135 cm³/mol. The number of rotatable bonds is 7. The summed E-state index contributed by atoms with van der Waals surface area (Å²) in [7, 11) is -3.72. The molecule has 0 radical (unpaired) electrons. The van der Waals surface area contributed by atoms with Crippen LogP contribution in [0.2, 0.25) is 0 Å². The summed E-state index contributed by atoms with van der Waals surface area (Å²) in [4.78, 5) is 16.8. The molecule has 2 N–H and O–H groups in total. The van der Waals surface area contributed by atoms with Gasteiger partial charge in [0.1, 0.15) is 0 Å². The van der Waals surface area contributed by atoms with Gasteiger partial charge in [-0.1, -0.05) is 18.2 Å². The number of hydrogen-bond donors (Lipinski definition) is 2. The van der Waals surface area contributed by atoms with Crippen molar-refractivity contribution in [2.75, 3.05) is 10.0 Å². The first-order valence-electron chi connectivity index (χ1n) is 10.8. The Bertz CT molecular complexity index is 1400. The van der Waals surface area contributed by atoms with Crippen molar-refractivity contribution in [3.05, 3.63) is 119 Å². The fraction of sp³-hybridized carbons (Fsp3) is 0.111. The molecule has 6 nitrogen and oxygen atoms in total. The SMILES string of the molecule is Cc1ccc(S(=O)(=O)Nc2ccc(C(=O)Nc3ccc(Cc4ccncc4)cc3)cc2)cc1C. The summed E-state index contributed by atoms with van der Waals surface area (Å²) in [5, 5.41) is 2.87. The molecule has 0 aliphatic heterocycles. The van der Waals surface area contributed by atoms with Crippen LogP contribution in [-0.4, -0.2) is 19.3 Å². The first kappa shape index (κ1) is 23.2. The molecule has 172 valence electrons. The number of sulfonamides is 1. The second-order valence-electron chi connectivity index (χ2n) is 8.11. The fourth-order valence-corrected chi connectivity index (χ4v) is 4.57. The van der Waals surface area contributed by atoms with Crippen LogP contribution in [-0.2, 0) is 16.4 Å². The Balaban J connectivity index is 1.38. The number of hydrogen-bond acceptors (Lipinski definition) is 4. The Morgan fingerprint density at radius 1 is 0.765 bits per heavy atom. The number of nitrogens with zero attached hydrogens (tertiary/aromatic N) is 1. The molecule has 0 aliphatic rings. The van der Waals surface area contributed by atoms with Crippen LogP contribution in [0.15, 0.2) is 96.2 Å². The molecular formula is C27H25N3O3S. The van der Waals surface area contributed by atoms with Crippen molar-refractivity contribution < 1.29 is 13.2 Å². The number of carbonyl (C=O) groups is 1. The van der Waals surface area contributed by atoms with Crippen molar-refractivity contribution in [1.82, 2.24) is 4.98 Å². The van der Waals surface area contributed by atoms with E-state index in [0.717, 1.165) is 23.1 Å². The molecular weight excluding hydrogens is 446 g/mol. The van der Waals surface area contributed by atoms with Crippen LogP contribution in [0, 0.1) is 13.8 Å². The summed E-state index contributed by atoms with van der Waals surface area (Å²) in [6.45, 7) is 3.80. The molecule has 0 saturated carbocycles. The third-order valence-corrected chi connectivity index (χ3v) is 6.94. The van der Waals surface area contributed by atoms with E-state index >= 15 is 0 Å². The van der Waals surface area contributed by atoms with Crippen LogP contribution < -0.4 is 10.0 Å². The Kier molecular flexibility index (Phi) is 6.75. The highest BCUT2D eigenvalue weighted by Gasteiger charge is 2.15. The molecule has 0 spiro atoms. The maximum absolute atomic E-state index is 12.7. The Morgan fingerprint density at radius 2 is 1.38 bits per heavy atom. The number of amides is 1. The first-order valence-corrected chi connectivity index (χ1v) is 12.3. The number of nitrogens with one attached hydrogen (secondary N) is 2. The topological polar surface area (TPSA) is 88.2 Å². The molecule has 7 heteroatoms. The zero-order chi connectivity index (χ0) is 24.1. The van der Waals surface area contributed by atoms with Crippen molar-refractivity contribution in [3.8, 4) is 0 Å². The van der Waals surface area contributed by atoms with Gasteiger partial charge in [0, 0.05) is 29.3 Å². The number of pyridine rings is 1. The van der Waals surface area contributed by atoms with Crippen molar-refractivity contribution >= 4 is 27.3 Å². The standard InChI is InChI=1S/C27H25N3O3S/c1-19-3-12-26(17-20(19)2)34(32,33)30-25-10-6-23(7-11-25)27(31)29-24-8-4-21(5-9-24)18-22-13-15-28-16-14-22/h3-17,30H,18H2,1-2H3,(H,29,31). The fourth-order valence-electron chi connectivity index (χ4n) is 3.43. The molecule has 1 aromatic heterocycles. The van der Waals surface area contributed by atoms with Gasteiger partial charge in [0.25, 0.3) is 15.9 Å². The molecule has 1 amide bonds. The average Bonchev–Trinajstić information content (AvgIpc) is 2.83. The molecule has 0 aliphatic carbocycles. The largest absolute Gasteiger partial charge is 0.322 e. The van der Waals surface area contributed by atoms with E-state index in [2.05, 4.69) is 15.0 Å². The number of aromatic nitrogens is 1. The van der Waals surface area contributed by atoms with Gasteiger partial charge in [-0.05, 0) is 103 Å². The van der Waals surface area contributed by atoms with Crippen LogP contribution in [0.4, 0.5) is 11.4 Å². The highest BCUT2D eigenvalue weighted by atomic mass is 32.2. The second-order valence-corrected chi connectivity index (χ2v) is 9.79. The minimum atomic E-state index is -3.72.